The molecule has 2 rings (SSSR count). The van der Waals surface area contributed by atoms with Gasteiger partial charge >= 0.3 is 108 Å². The van der Waals surface area contributed by atoms with E-state index in [0.29, 0.717) is 0 Å². The van der Waals surface area contributed by atoms with Crippen molar-refractivity contribution in [1.82, 2.24) is 0 Å². The van der Waals surface area contributed by atoms with Gasteiger partial charge in [0, 0.05) is 0 Å². The second kappa shape index (κ2) is 4.58. The van der Waals surface area contributed by atoms with E-state index in [1.165, 1.54) is 0 Å². The van der Waals surface area contributed by atoms with E-state index in [9.17, 15) is 0 Å². The van der Waals surface area contributed by atoms with Crippen molar-refractivity contribution in [3.05, 3.63) is 22.7 Å². The van der Waals surface area contributed by atoms with Gasteiger partial charge in [-0.05, 0) is 0 Å². The molecule has 0 N–H and O–H groups in total. The van der Waals surface area contributed by atoms with Crippen molar-refractivity contribution < 1.29 is 29.1 Å². The molecule has 78 valence electrons. The quantitative estimate of drug-likeness (QED) is 0.666. The van der Waals surface area contributed by atoms with Gasteiger partial charge in [0.1, 0.15) is 0 Å². The first-order chi connectivity index (χ1) is 7.26. The molecule has 0 saturated carbocycles. The van der Waals surface area contributed by atoms with Crippen LogP contribution in [-0.4, -0.2) is 6.79 Å². The maximum absolute atomic E-state index is 5.32. The molecule has 1 aromatic carbocycles. The number of allylic oxidation sites excluding steroid dienone is 1. The van der Waals surface area contributed by atoms with Crippen molar-refractivity contribution in [3.63, 3.8) is 0 Å². The minimum atomic E-state index is 0.287. The Balaban J connectivity index is 2.58. The molecule has 15 heavy (non-hydrogen) atoms. The van der Waals surface area contributed by atoms with Gasteiger partial charge in [0.15, 0.2) is 0 Å². The standard InChI is InChI=1S/C10H7BrNO2.W/c1-6(4-11)7-2-9-10(3-8(7)12)14-5-13-9;/h2-3H,5H2,1H3;/q-1;. The first-order valence-electron chi connectivity index (χ1n) is 4.24. The maximum atomic E-state index is 5.32. The van der Waals surface area contributed by atoms with Crippen LogP contribution in [0.3, 0.4) is 0 Å². The number of hydrogen-bond donors (Lipinski definition) is 0. The Morgan fingerprint density at radius 2 is 2.13 bits per heavy atom. The summed E-state index contributed by atoms with van der Waals surface area (Å²) in [6, 6.07) is 3.84. The van der Waals surface area contributed by atoms with Gasteiger partial charge in [-0.3, -0.25) is 0 Å². The van der Waals surface area contributed by atoms with Gasteiger partial charge in [-0.2, -0.15) is 0 Å². The molecule has 0 fully saturated rings. The van der Waals surface area contributed by atoms with Crippen LogP contribution in [0.5, 0.6) is 11.5 Å². The average Bonchev–Trinajstić information content (AvgIpc) is 2.73. The molecule has 0 atom stereocenters. The summed E-state index contributed by atoms with van der Waals surface area (Å²) in [6.45, 7) is 2.26. The number of benzene rings is 1. The fourth-order valence-corrected chi connectivity index (χ4v) is 2.11. The Morgan fingerprint density at radius 3 is 2.73 bits per heavy atom. The fraction of sp³-hybridized carbons (Fsp3) is 0.200. The normalized spacial score (nSPS) is 14.1. The Hall–Kier alpha value is -0.472. The zero-order valence-electron chi connectivity index (χ0n) is 7.91. The molecule has 1 aliphatic rings. The van der Waals surface area contributed by atoms with E-state index < -0.39 is 0 Å². The third-order valence-corrected chi connectivity index (χ3v) is 3.44. The molecular weight excluding hydrogens is 430 g/mol. The van der Waals surface area contributed by atoms with Crippen LogP contribution >= 0.6 is 15.9 Å². The van der Waals surface area contributed by atoms with Crippen LogP contribution in [0.15, 0.2) is 15.6 Å². The topological polar surface area (TPSA) is 30.8 Å². The summed E-state index contributed by atoms with van der Waals surface area (Å²) in [5.74, 6) is 1.54. The summed E-state index contributed by atoms with van der Waals surface area (Å²) in [5.41, 5.74) is 2.93. The fourth-order valence-electron chi connectivity index (χ4n) is 1.36. The van der Waals surface area contributed by atoms with E-state index in [-0.39, 0.29) is 6.79 Å². The summed E-state index contributed by atoms with van der Waals surface area (Å²) >= 11 is 4.36. The molecule has 1 aliphatic heterocycles. The number of hydrogen-bond acceptors (Lipinski definition) is 3. The molecule has 0 spiro atoms. The molecule has 0 amide bonds. The number of ether oxygens (including phenoxy) is 2. The molecule has 0 radical (unpaired) electrons. The van der Waals surface area contributed by atoms with Crippen LogP contribution in [0, 0.1) is 4.99 Å². The first-order valence-corrected chi connectivity index (χ1v) is 6.34. The average molecular weight is 437 g/mol. The molecular formula is C10H7BrNO2W-. The molecule has 0 aromatic heterocycles. The molecule has 1 heterocycles. The second-order valence-electron chi connectivity index (χ2n) is 3.03. The van der Waals surface area contributed by atoms with E-state index in [2.05, 4.69) is 24.4 Å². The summed E-state index contributed by atoms with van der Waals surface area (Å²) in [7, 11) is 0. The predicted molar refractivity (Wildman–Crippen MR) is 55.9 cm³/mol. The Morgan fingerprint density at radius 1 is 1.47 bits per heavy atom. The van der Waals surface area contributed by atoms with E-state index >= 15 is 0 Å². The molecule has 5 heteroatoms. The van der Waals surface area contributed by atoms with Gasteiger partial charge in [-0.1, -0.05) is 0 Å². The van der Waals surface area contributed by atoms with Gasteiger partial charge in [0.05, 0.1) is 0 Å². The second-order valence-corrected chi connectivity index (χ2v) is 4.09. The number of nitrogens with zero attached hydrogens (tertiary/aromatic N) is 1. The molecule has 0 bridgehead atoms. The van der Waals surface area contributed by atoms with Crippen molar-refractivity contribution in [2.45, 2.75) is 6.92 Å². The van der Waals surface area contributed by atoms with Crippen molar-refractivity contribution in [2.24, 2.45) is 3.50 Å². The molecule has 0 aliphatic carbocycles. The monoisotopic (exact) mass is 436 g/mol. The van der Waals surface area contributed by atoms with Crippen molar-refractivity contribution in [3.8, 4) is 11.5 Å². The van der Waals surface area contributed by atoms with Gasteiger partial charge in [-0.15, -0.1) is 0 Å². The molecule has 1 aromatic rings. The number of halogens is 1. The number of fused-ring (bicyclic) bond motifs is 1. The van der Waals surface area contributed by atoms with Crippen molar-refractivity contribution >= 4 is 27.2 Å². The van der Waals surface area contributed by atoms with E-state index in [0.717, 1.165) is 48.0 Å². The summed E-state index contributed by atoms with van der Waals surface area (Å²) in [6.07, 6.45) is 0. The van der Waals surface area contributed by atoms with Gasteiger partial charge in [0.25, 0.3) is 0 Å². The summed E-state index contributed by atoms with van der Waals surface area (Å²) in [5, 5.41) is 0. The van der Waals surface area contributed by atoms with E-state index in [1.807, 2.05) is 19.1 Å². The Kier molecular flexibility index (Phi) is 3.37. The third-order valence-electron chi connectivity index (χ3n) is 2.13. The van der Waals surface area contributed by atoms with Gasteiger partial charge < -0.3 is 0 Å². The zero-order valence-corrected chi connectivity index (χ0v) is 12.4. The van der Waals surface area contributed by atoms with Gasteiger partial charge in [-0.25, -0.2) is 0 Å². The van der Waals surface area contributed by atoms with Crippen LogP contribution in [0.25, 0.3) is 5.57 Å². The molecule has 3 nitrogen and oxygen atoms in total. The minimum absolute atomic E-state index is 0.287. The predicted octanol–water partition coefficient (Wildman–Crippen LogP) is 3.34. The molecule has 0 unspecified atom stereocenters. The zero-order chi connectivity index (χ0) is 10.8. The van der Waals surface area contributed by atoms with Crippen LogP contribution < -0.4 is 9.47 Å². The van der Waals surface area contributed by atoms with E-state index in [1.54, 1.807) is 0 Å². The van der Waals surface area contributed by atoms with Gasteiger partial charge in [0.2, 0.25) is 0 Å². The van der Waals surface area contributed by atoms with Crippen molar-refractivity contribution in [2.75, 3.05) is 6.79 Å². The van der Waals surface area contributed by atoms with E-state index in [4.69, 9.17) is 9.47 Å². The third kappa shape index (κ3) is 2.06. The first kappa shape index (κ1) is 11.0. The SMILES string of the molecule is CC(=[C-]Br)c1cc2c(cc1[N]=[W])OCO2. The van der Waals surface area contributed by atoms with Crippen LogP contribution in [0.1, 0.15) is 12.5 Å². The van der Waals surface area contributed by atoms with Crippen LogP contribution in [0.4, 0.5) is 5.69 Å². The van der Waals surface area contributed by atoms with Crippen LogP contribution in [0.2, 0.25) is 0 Å². The molecule has 0 saturated heterocycles. The Bertz CT molecular complexity index is 445. The summed E-state index contributed by atoms with van der Waals surface area (Å²) in [4.78, 5) is 2.93. The van der Waals surface area contributed by atoms with Crippen molar-refractivity contribution in [1.29, 1.82) is 0 Å². The number of rotatable bonds is 2. The summed E-state index contributed by atoms with van der Waals surface area (Å²) < 4.78 is 14.9. The van der Waals surface area contributed by atoms with Crippen LogP contribution in [-0.2, 0) is 19.6 Å². The Labute approximate surface area is 107 Å².